The van der Waals surface area contributed by atoms with Gasteiger partial charge in [0.05, 0.1) is 18.5 Å². The number of furan rings is 1. The monoisotopic (exact) mass is 572 g/mol. The van der Waals surface area contributed by atoms with Crippen molar-refractivity contribution in [2.75, 3.05) is 12.0 Å². The van der Waals surface area contributed by atoms with Gasteiger partial charge in [-0.1, -0.05) is 12.6 Å². The molecule has 0 bridgehead atoms. The maximum atomic E-state index is 13.9. The third-order valence-corrected chi connectivity index (χ3v) is 6.39. The lowest BCUT2D eigenvalue weighted by Crippen LogP contribution is -2.45. The summed E-state index contributed by atoms with van der Waals surface area (Å²) in [6, 6.07) is 7.68. The topological polar surface area (TPSA) is 120 Å². The molecule has 3 heterocycles. The number of amides is 2. The molecule has 0 saturated heterocycles. The van der Waals surface area contributed by atoms with Crippen LogP contribution in [0.15, 0.2) is 29.2 Å². The molecule has 0 spiro atoms. The molecule has 0 unspecified atom stereocenters. The molecule has 42 heavy (non-hydrogen) atoms. The van der Waals surface area contributed by atoms with E-state index in [1.54, 1.807) is 66.2 Å². The van der Waals surface area contributed by atoms with Crippen molar-refractivity contribution in [3.8, 4) is 17.5 Å². The van der Waals surface area contributed by atoms with E-state index in [1.165, 1.54) is 6.08 Å². The van der Waals surface area contributed by atoms with Crippen LogP contribution in [0.2, 0.25) is 0 Å². The lowest BCUT2D eigenvalue weighted by molar-refractivity contribution is 0.0428. The summed E-state index contributed by atoms with van der Waals surface area (Å²) in [5.41, 5.74) is 1.78. The first-order valence-electron chi connectivity index (χ1n) is 13.4. The van der Waals surface area contributed by atoms with Crippen LogP contribution >= 0.6 is 0 Å². The number of rotatable bonds is 4. The van der Waals surface area contributed by atoms with Gasteiger partial charge in [-0.05, 0) is 80.0 Å². The van der Waals surface area contributed by atoms with Gasteiger partial charge in [0.25, 0.3) is 0 Å². The number of carbonyl (C=O) groups is 2. The van der Waals surface area contributed by atoms with Gasteiger partial charge in [-0.15, -0.1) is 0 Å². The second-order valence-electron chi connectivity index (χ2n) is 12.0. The lowest BCUT2D eigenvalue weighted by atomic mass is 10.1. The Morgan fingerprint density at radius 2 is 1.67 bits per heavy atom. The molecule has 0 aliphatic heterocycles. The first kappa shape index (κ1) is 30.2. The van der Waals surface area contributed by atoms with Crippen molar-refractivity contribution < 1.29 is 28.2 Å². The third kappa shape index (κ3) is 5.30. The zero-order chi connectivity index (χ0) is 31.3. The molecule has 1 aromatic carbocycles. The van der Waals surface area contributed by atoms with E-state index >= 15 is 0 Å². The molecule has 10 nitrogen and oxygen atoms in total. The number of carbonyl (C=O) groups excluding carboxylic acids is 2. The fourth-order valence-electron chi connectivity index (χ4n) is 4.89. The van der Waals surface area contributed by atoms with E-state index in [-0.39, 0.29) is 11.4 Å². The van der Waals surface area contributed by atoms with Gasteiger partial charge in [-0.3, -0.25) is 4.57 Å². The van der Waals surface area contributed by atoms with Gasteiger partial charge in [0.15, 0.2) is 11.4 Å². The molecule has 4 aromatic rings. The molecule has 4 rings (SSSR count). The first-order valence-corrected chi connectivity index (χ1v) is 13.4. The van der Waals surface area contributed by atoms with Crippen molar-refractivity contribution in [2.45, 2.75) is 73.5 Å². The minimum Gasteiger partial charge on any atom is -0.496 e. The van der Waals surface area contributed by atoms with E-state index in [2.05, 4.69) is 12.6 Å². The Hall–Kier alpha value is -4.78. The molecule has 10 heteroatoms. The standard InChI is InChI=1S/C32H36N4O6/c1-12-21-24-20(16-33)28(36(29(37)41-31(5,6)7)30(38)42-32(8,9)10)35(25-17(2)13-14-23(39-11)19(25)4)26(24)27-22(34-21)15-18(3)40-27/h12-15H,1H2,2-11H3. The summed E-state index contributed by atoms with van der Waals surface area (Å²) >= 11 is 0. The Bertz CT molecular complexity index is 1760. The van der Waals surface area contributed by atoms with Gasteiger partial charge in [0.1, 0.15) is 45.4 Å². The van der Waals surface area contributed by atoms with Gasteiger partial charge < -0.3 is 18.6 Å². The van der Waals surface area contributed by atoms with Crippen molar-refractivity contribution >= 4 is 46.1 Å². The first-order chi connectivity index (χ1) is 19.5. The molecule has 0 atom stereocenters. The molecular weight excluding hydrogens is 536 g/mol. The second kappa shape index (κ2) is 10.6. The number of ether oxygens (including phenoxy) is 3. The number of aryl methyl sites for hydroxylation is 2. The van der Waals surface area contributed by atoms with E-state index in [1.807, 2.05) is 26.0 Å². The van der Waals surface area contributed by atoms with Crippen molar-refractivity contribution in [2.24, 2.45) is 0 Å². The predicted octanol–water partition coefficient (Wildman–Crippen LogP) is 7.90. The Kier molecular flexibility index (Phi) is 7.59. The van der Waals surface area contributed by atoms with Crippen LogP contribution in [0.25, 0.3) is 33.8 Å². The molecule has 0 fully saturated rings. The number of benzene rings is 1. The van der Waals surface area contributed by atoms with Crippen LogP contribution in [0.5, 0.6) is 5.75 Å². The number of anilines is 1. The average molecular weight is 573 g/mol. The number of hydrogen-bond acceptors (Lipinski definition) is 8. The summed E-state index contributed by atoms with van der Waals surface area (Å²) in [6.07, 6.45) is -0.513. The number of methoxy groups -OCH3 is 1. The SMILES string of the molecule is C=Cc1nc2cc(C)oc2c2c1c(C#N)c(N(C(=O)OC(C)(C)C)C(=O)OC(C)(C)C)n2-c1c(C)ccc(OC)c1C. The second-order valence-corrected chi connectivity index (χ2v) is 12.0. The third-order valence-electron chi connectivity index (χ3n) is 6.39. The predicted molar refractivity (Wildman–Crippen MR) is 161 cm³/mol. The Balaban J connectivity index is 2.33. The lowest BCUT2D eigenvalue weighted by Gasteiger charge is -2.30. The minimum atomic E-state index is -1.02. The highest BCUT2D eigenvalue weighted by Crippen LogP contribution is 2.44. The quantitative estimate of drug-likeness (QED) is 0.242. The smallest absolute Gasteiger partial charge is 0.425 e. The number of fused-ring (bicyclic) bond motifs is 3. The van der Waals surface area contributed by atoms with Gasteiger partial charge >= 0.3 is 12.2 Å². The Labute approximate surface area is 245 Å². The maximum absolute atomic E-state index is 13.9. The number of nitriles is 1. The molecule has 0 radical (unpaired) electrons. The average Bonchev–Trinajstić information content (AvgIpc) is 3.38. The van der Waals surface area contributed by atoms with Crippen LogP contribution in [0, 0.1) is 32.1 Å². The number of aromatic nitrogens is 2. The molecule has 220 valence electrons. The highest BCUT2D eigenvalue weighted by molar-refractivity contribution is 6.17. The van der Waals surface area contributed by atoms with E-state index < -0.39 is 23.4 Å². The van der Waals surface area contributed by atoms with Crippen LogP contribution in [-0.2, 0) is 9.47 Å². The Morgan fingerprint density at radius 3 is 2.17 bits per heavy atom. The molecular formula is C32H36N4O6. The van der Waals surface area contributed by atoms with Crippen molar-refractivity contribution in [3.63, 3.8) is 0 Å². The summed E-state index contributed by atoms with van der Waals surface area (Å²) in [7, 11) is 1.55. The normalized spacial score (nSPS) is 11.8. The maximum Gasteiger partial charge on any atom is 0.425 e. The zero-order valence-electron chi connectivity index (χ0n) is 25.8. The van der Waals surface area contributed by atoms with E-state index in [0.717, 1.165) is 10.5 Å². The van der Waals surface area contributed by atoms with Crippen LogP contribution in [0.1, 0.15) is 69.7 Å². The van der Waals surface area contributed by atoms with Crippen molar-refractivity contribution in [3.05, 3.63) is 52.9 Å². The summed E-state index contributed by atoms with van der Waals surface area (Å²) in [4.78, 5) is 33.3. The van der Waals surface area contributed by atoms with Gasteiger partial charge in [-0.2, -0.15) is 10.2 Å². The van der Waals surface area contributed by atoms with Crippen LogP contribution in [0.3, 0.4) is 0 Å². The van der Waals surface area contributed by atoms with Gasteiger partial charge in [0.2, 0.25) is 0 Å². The number of imide groups is 1. The van der Waals surface area contributed by atoms with E-state index in [4.69, 9.17) is 23.6 Å². The van der Waals surface area contributed by atoms with Crippen LogP contribution in [-0.4, -0.2) is 40.0 Å². The molecule has 2 amide bonds. The molecule has 0 aliphatic carbocycles. The highest BCUT2D eigenvalue weighted by atomic mass is 16.6. The van der Waals surface area contributed by atoms with Gasteiger partial charge in [-0.25, -0.2) is 14.6 Å². The van der Waals surface area contributed by atoms with Crippen LogP contribution < -0.4 is 9.64 Å². The molecule has 0 aliphatic rings. The number of hydrogen-bond donors (Lipinski definition) is 0. The van der Waals surface area contributed by atoms with E-state index in [9.17, 15) is 14.9 Å². The minimum absolute atomic E-state index is 0.0123. The summed E-state index contributed by atoms with van der Waals surface area (Å²) in [6.45, 7) is 19.6. The fraction of sp³-hybridized carbons (Fsp3) is 0.375. The molecule has 0 saturated carbocycles. The van der Waals surface area contributed by atoms with Crippen molar-refractivity contribution in [1.82, 2.24) is 9.55 Å². The largest absolute Gasteiger partial charge is 0.496 e. The fourth-order valence-corrected chi connectivity index (χ4v) is 4.89. The Morgan fingerprint density at radius 1 is 1.07 bits per heavy atom. The summed E-state index contributed by atoms with van der Waals surface area (Å²) < 4.78 is 24.9. The molecule has 0 N–H and O–H groups in total. The number of pyridine rings is 1. The zero-order valence-corrected chi connectivity index (χ0v) is 25.8. The summed E-state index contributed by atoms with van der Waals surface area (Å²) in [5, 5.41) is 11.0. The van der Waals surface area contributed by atoms with E-state index in [0.29, 0.717) is 50.5 Å². The van der Waals surface area contributed by atoms with Gasteiger partial charge in [0, 0.05) is 17.0 Å². The van der Waals surface area contributed by atoms with Crippen molar-refractivity contribution in [1.29, 1.82) is 5.26 Å². The molecule has 3 aromatic heterocycles. The summed E-state index contributed by atoms with van der Waals surface area (Å²) in [5.74, 6) is 1.07. The van der Waals surface area contributed by atoms with Crippen LogP contribution in [0.4, 0.5) is 15.4 Å². The highest BCUT2D eigenvalue weighted by Gasteiger charge is 2.40. The number of nitrogens with zero attached hydrogens (tertiary/aromatic N) is 4.